The molecule has 1 amide bonds. The topological polar surface area (TPSA) is 85.8 Å². The van der Waals surface area contributed by atoms with Crippen molar-refractivity contribution in [3.63, 3.8) is 0 Å². The number of rotatable bonds is 8. The van der Waals surface area contributed by atoms with Crippen LogP contribution < -0.4 is 19.7 Å². The van der Waals surface area contributed by atoms with E-state index in [1.807, 2.05) is 19.1 Å². The lowest BCUT2D eigenvalue weighted by Gasteiger charge is -2.22. The predicted molar refractivity (Wildman–Crippen MR) is 124 cm³/mol. The minimum absolute atomic E-state index is 0.0158. The fourth-order valence-corrected chi connectivity index (χ4v) is 3.47. The van der Waals surface area contributed by atoms with Crippen LogP contribution in [0, 0.1) is 5.82 Å². The van der Waals surface area contributed by atoms with Crippen molar-refractivity contribution in [2.45, 2.75) is 64.7 Å². The Morgan fingerprint density at radius 3 is 2.51 bits per heavy atom. The van der Waals surface area contributed by atoms with Gasteiger partial charge in [0.1, 0.15) is 23.8 Å². The first kappa shape index (κ1) is 26.4. The number of anilines is 1. The molecule has 1 fully saturated rings. The second-order valence-electron chi connectivity index (χ2n) is 9.59. The van der Waals surface area contributed by atoms with Crippen LogP contribution in [0.25, 0.3) is 0 Å². The van der Waals surface area contributed by atoms with Crippen LogP contribution in [0.1, 0.15) is 52.6 Å². The van der Waals surface area contributed by atoms with Crippen LogP contribution >= 0.6 is 0 Å². The number of carbonyl (C=O) groups is 1. The molecule has 0 unspecified atom stereocenters. The van der Waals surface area contributed by atoms with Gasteiger partial charge in [-0.25, -0.2) is 18.6 Å². The first-order valence-electron chi connectivity index (χ1n) is 11.3. The van der Waals surface area contributed by atoms with Gasteiger partial charge >= 0.3 is 6.09 Å². The van der Waals surface area contributed by atoms with Crippen LogP contribution in [0.5, 0.6) is 11.6 Å². The minimum Gasteiger partial charge on any atom is -0.489 e. The summed E-state index contributed by atoms with van der Waals surface area (Å²) in [6, 6.07) is 7.04. The summed E-state index contributed by atoms with van der Waals surface area (Å²) in [4.78, 5) is 21.2. The number of nitrogens with zero attached hydrogens (tertiary/aromatic N) is 3. The number of alkyl halides is 2. The summed E-state index contributed by atoms with van der Waals surface area (Å²) in [6.45, 7) is 7.78. The summed E-state index contributed by atoms with van der Waals surface area (Å²) in [6.07, 6.45) is 0.980. The summed E-state index contributed by atoms with van der Waals surface area (Å²) in [5.41, 5.74) is 0.300. The van der Waals surface area contributed by atoms with E-state index in [1.54, 1.807) is 37.8 Å². The van der Waals surface area contributed by atoms with Crippen molar-refractivity contribution >= 4 is 11.9 Å². The average Bonchev–Trinajstić information content (AvgIpc) is 3.19. The molecule has 1 aliphatic heterocycles. The number of halogens is 3. The van der Waals surface area contributed by atoms with E-state index in [9.17, 15) is 18.0 Å². The van der Waals surface area contributed by atoms with Gasteiger partial charge in [-0.1, -0.05) is 12.1 Å². The third kappa shape index (κ3) is 7.90. The fraction of sp³-hybridized carbons (Fsp3) is 0.542. The molecule has 3 rings (SSSR count). The van der Waals surface area contributed by atoms with E-state index in [-0.39, 0.29) is 18.0 Å². The van der Waals surface area contributed by atoms with Gasteiger partial charge in [-0.3, -0.25) is 0 Å². The number of hydrogen-bond acceptors (Lipinski definition) is 7. The quantitative estimate of drug-likeness (QED) is 0.557. The van der Waals surface area contributed by atoms with Crippen molar-refractivity contribution < 1.29 is 32.2 Å². The Labute approximate surface area is 202 Å². The zero-order valence-electron chi connectivity index (χ0n) is 20.5. The Morgan fingerprint density at radius 1 is 1.20 bits per heavy atom. The Kier molecular flexibility index (Phi) is 7.97. The molecule has 0 saturated carbocycles. The van der Waals surface area contributed by atoms with Crippen molar-refractivity contribution in [2.75, 3.05) is 24.6 Å². The molecule has 1 aromatic heterocycles. The zero-order chi connectivity index (χ0) is 25.8. The number of amides is 1. The lowest BCUT2D eigenvalue weighted by molar-refractivity contribution is -0.0253. The SMILES string of the molecule is C[C@H](NC(=O)OC(C)(C)C)c1ccc(O[C@@H]2CCN(c3ncnc(OCC(C)(F)F)c3F)C2)cc1. The molecule has 0 aliphatic carbocycles. The first-order valence-corrected chi connectivity index (χ1v) is 11.3. The zero-order valence-corrected chi connectivity index (χ0v) is 20.5. The standard InChI is InChI=1S/C24H31F3N4O4/c1-15(30-22(32)35-23(2,3)4)16-6-8-17(9-7-16)34-18-10-11-31(12-18)20-19(25)21(29-14-28-20)33-13-24(5,26)27/h6-9,14-15,18H,10-13H2,1-5H3,(H,30,32)/t15-,18+/m0/s1. The van der Waals surface area contributed by atoms with E-state index in [0.717, 1.165) is 11.9 Å². The Morgan fingerprint density at radius 2 is 1.89 bits per heavy atom. The van der Waals surface area contributed by atoms with Crippen LogP contribution in [-0.4, -0.2) is 53.4 Å². The normalized spacial score (nSPS) is 17.1. The van der Waals surface area contributed by atoms with Crippen molar-refractivity contribution in [3.8, 4) is 11.6 Å². The third-order valence-corrected chi connectivity index (χ3v) is 5.06. The number of ether oxygens (including phenoxy) is 3. The lowest BCUT2D eigenvalue weighted by atomic mass is 10.1. The highest BCUT2D eigenvalue weighted by Gasteiger charge is 2.30. The molecule has 35 heavy (non-hydrogen) atoms. The molecule has 2 aromatic rings. The molecule has 1 saturated heterocycles. The van der Waals surface area contributed by atoms with Crippen molar-refractivity contribution in [1.82, 2.24) is 15.3 Å². The second-order valence-corrected chi connectivity index (χ2v) is 9.59. The minimum atomic E-state index is -3.11. The molecule has 0 bridgehead atoms. The molecule has 0 radical (unpaired) electrons. The van der Waals surface area contributed by atoms with E-state index in [1.165, 1.54) is 0 Å². The van der Waals surface area contributed by atoms with Gasteiger partial charge < -0.3 is 24.4 Å². The van der Waals surface area contributed by atoms with Crippen LogP contribution in [-0.2, 0) is 4.74 Å². The van der Waals surface area contributed by atoms with Crippen LogP contribution in [0.4, 0.5) is 23.8 Å². The van der Waals surface area contributed by atoms with Crippen molar-refractivity contribution in [1.29, 1.82) is 0 Å². The number of aromatic nitrogens is 2. The van der Waals surface area contributed by atoms with Gasteiger partial charge in [0.05, 0.1) is 12.6 Å². The molecule has 0 spiro atoms. The number of hydrogen-bond donors (Lipinski definition) is 1. The largest absolute Gasteiger partial charge is 0.489 e. The van der Waals surface area contributed by atoms with Gasteiger partial charge in [0.2, 0.25) is 5.82 Å². The predicted octanol–water partition coefficient (Wildman–Crippen LogP) is 4.89. The highest BCUT2D eigenvalue weighted by Crippen LogP contribution is 2.29. The molecule has 2 heterocycles. The summed E-state index contributed by atoms with van der Waals surface area (Å²) < 4.78 is 57.0. The molecular formula is C24H31F3N4O4. The Hall–Kier alpha value is -3.24. The molecule has 1 aliphatic rings. The lowest BCUT2D eigenvalue weighted by Crippen LogP contribution is -2.34. The number of nitrogens with one attached hydrogen (secondary N) is 1. The van der Waals surface area contributed by atoms with Crippen molar-refractivity contribution in [3.05, 3.63) is 42.0 Å². The summed E-state index contributed by atoms with van der Waals surface area (Å²) in [5, 5.41) is 2.79. The van der Waals surface area contributed by atoms with E-state index in [0.29, 0.717) is 32.2 Å². The smallest absolute Gasteiger partial charge is 0.408 e. The van der Waals surface area contributed by atoms with E-state index < -0.39 is 35.9 Å². The van der Waals surface area contributed by atoms with Crippen LogP contribution in [0.2, 0.25) is 0 Å². The second kappa shape index (κ2) is 10.6. The molecule has 192 valence electrons. The van der Waals surface area contributed by atoms with Crippen LogP contribution in [0.3, 0.4) is 0 Å². The highest BCUT2D eigenvalue weighted by molar-refractivity contribution is 5.68. The van der Waals surface area contributed by atoms with Gasteiger partial charge in [-0.05, 0) is 45.4 Å². The summed E-state index contributed by atoms with van der Waals surface area (Å²) in [5.74, 6) is -3.89. The van der Waals surface area contributed by atoms with E-state index >= 15 is 0 Å². The maximum Gasteiger partial charge on any atom is 0.408 e. The van der Waals surface area contributed by atoms with Gasteiger partial charge in [0.15, 0.2) is 12.4 Å². The summed E-state index contributed by atoms with van der Waals surface area (Å²) in [7, 11) is 0. The molecule has 11 heteroatoms. The van der Waals surface area contributed by atoms with Crippen LogP contribution in [0.15, 0.2) is 30.6 Å². The molecule has 1 N–H and O–H groups in total. The maximum absolute atomic E-state index is 14.7. The third-order valence-electron chi connectivity index (χ3n) is 5.06. The molecule has 1 aromatic carbocycles. The molecular weight excluding hydrogens is 465 g/mol. The summed E-state index contributed by atoms with van der Waals surface area (Å²) >= 11 is 0. The molecule has 8 nitrogen and oxygen atoms in total. The average molecular weight is 497 g/mol. The molecule has 2 atom stereocenters. The monoisotopic (exact) mass is 496 g/mol. The first-order chi connectivity index (χ1) is 16.3. The maximum atomic E-state index is 14.7. The Balaban J connectivity index is 1.55. The fourth-order valence-electron chi connectivity index (χ4n) is 3.47. The van der Waals surface area contributed by atoms with E-state index in [2.05, 4.69) is 15.3 Å². The van der Waals surface area contributed by atoms with Gasteiger partial charge in [0, 0.05) is 19.9 Å². The van der Waals surface area contributed by atoms with Gasteiger partial charge in [0.25, 0.3) is 11.8 Å². The van der Waals surface area contributed by atoms with Crippen molar-refractivity contribution in [2.24, 2.45) is 0 Å². The Bertz CT molecular complexity index is 1010. The van der Waals surface area contributed by atoms with Gasteiger partial charge in [-0.2, -0.15) is 9.37 Å². The number of alkyl carbamates (subject to hydrolysis) is 1. The van der Waals surface area contributed by atoms with Gasteiger partial charge in [-0.15, -0.1) is 0 Å². The number of carbonyl (C=O) groups excluding carboxylic acids is 1. The van der Waals surface area contributed by atoms with E-state index in [4.69, 9.17) is 14.2 Å². The number of benzene rings is 1. The highest BCUT2D eigenvalue weighted by atomic mass is 19.3.